The summed E-state index contributed by atoms with van der Waals surface area (Å²) in [6, 6.07) is 8.90. The summed E-state index contributed by atoms with van der Waals surface area (Å²) >= 11 is 0. The summed E-state index contributed by atoms with van der Waals surface area (Å²) in [7, 11) is -4.15. The van der Waals surface area contributed by atoms with E-state index in [1.54, 1.807) is 19.3 Å². The molecule has 5 rings (SSSR count). The maximum absolute atomic E-state index is 14.2. The predicted molar refractivity (Wildman–Crippen MR) is 115 cm³/mol. The van der Waals surface area contributed by atoms with E-state index in [0.29, 0.717) is 13.0 Å². The largest absolute Gasteiger partial charge is 0.285 e. The van der Waals surface area contributed by atoms with E-state index in [1.807, 2.05) is 29.1 Å². The molecule has 1 saturated heterocycles. The lowest BCUT2D eigenvalue weighted by Gasteiger charge is -2.21. The molecule has 4 aromatic rings. The lowest BCUT2D eigenvalue weighted by atomic mass is 10.1. The maximum atomic E-state index is 14.2. The molecule has 3 heterocycles. The molecule has 32 heavy (non-hydrogen) atoms. The van der Waals surface area contributed by atoms with E-state index in [2.05, 4.69) is 15.3 Å². The fraction of sp³-hybridized carbons (Fsp3) is 0.273. The second-order valence-electron chi connectivity index (χ2n) is 8.16. The Kier molecular flexibility index (Phi) is 5.06. The summed E-state index contributed by atoms with van der Waals surface area (Å²) in [5.41, 5.74) is 2.95. The Hall–Kier alpha value is -3.11. The second-order valence-corrected chi connectivity index (χ2v) is 10.0. The number of nitrogens with zero attached hydrogens (tertiary/aromatic N) is 4. The van der Waals surface area contributed by atoms with Crippen LogP contribution in [0.25, 0.3) is 22.0 Å². The number of aromatic nitrogens is 4. The van der Waals surface area contributed by atoms with E-state index in [4.69, 9.17) is 0 Å². The summed E-state index contributed by atoms with van der Waals surface area (Å²) in [4.78, 5) is -0.624. The number of halogens is 2. The van der Waals surface area contributed by atoms with Crippen molar-refractivity contribution in [1.82, 2.24) is 24.3 Å². The summed E-state index contributed by atoms with van der Waals surface area (Å²) in [5.74, 6) is -2.52. The highest BCUT2D eigenvalue weighted by molar-refractivity contribution is 7.89. The normalized spacial score (nSPS) is 19.7. The molecule has 0 radical (unpaired) electrons. The van der Waals surface area contributed by atoms with Crippen molar-refractivity contribution < 1.29 is 17.2 Å². The maximum Gasteiger partial charge on any atom is 0.246 e. The summed E-state index contributed by atoms with van der Waals surface area (Å²) in [6.45, 7) is 2.53. The van der Waals surface area contributed by atoms with Crippen LogP contribution in [0.1, 0.15) is 13.3 Å². The van der Waals surface area contributed by atoms with Gasteiger partial charge in [0.1, 0.15) is 4.90 Å². The highest BCUT2D eigenvalue weighted by Crippen LogP contribution is 2.32. The first-order valence-corrected chi connectivity index (χ1v) is 11.7. The molecule has 0 saturated carbocycles. The molecule has 166 valence electrons. The van der Waals surface area contributed by atoms with Crippen molar-refractivity contribution in [2.75, 3.05) is 6.54 Å². The number of rotatable bonds is 5. The summed E-state index contributed by atoms with van der Waals surface area (Å²) < 4.78 is 57.0. The third kappa shape index (κ3) is 3.49. The third-order valence-electron chi connectivity index (χ3n) is 6.01. The minimum Gasteiger partial charge on any atom is -0.285 e. The van der Waals surface area contributed by atoms with Crippen molar-refractivity contribution in [1.29, 1.82) is 0 Å². The first-order valence-electron chi connectivity index (χ1n) is 10.2. The van der Waals surface area contributed by atoms with Crippen molar-refractivity contribution in [3.05, 3.63) is 66.6 Å². The van der Waals surface area contributed by atoms with Crippen molar-refractivity contribution in [2.45, 2.75) is 30.8 Å². The van der Waals surface area contributed by atoms with Crippen LogP contribution in [0.3, 0.4) is 0 Å². The van der Waals surface area contributed by atoms with Gasteiger partial charge in [-0.15, -0.1) is 0 Å². The van der Waals surface area contributed by atoms with Crippen LogP contribution >= 0.6 is 0 Å². The molecule has 0 unspecified atom stereocenters. The monoisotopic (exact) mass is 457 g/mol. The van der Waals surface area contributed by atoms with Gasteiger partial charge in [0.05, 0.1) is 17.9 Å². The summed E-state index contributed by atoms with van der Waals surface area (Å²) in [5, 5.41) is 12.2. The minimum atomic E-state index is -4.15. The van der Waals surface area contributed by atoms with Gasteiger partial charge in [0.2, 0.25) is 10.0 Å². The Morgan fingerprint density at radius 3 is 2.78 bits per heavy atom. The van der Waals surface area contributed by atoms with Crippen LogP contribution in [0.4, 0.5) is 8.78 Å². The molecule has 2 aromatic heterocycles. The first kappa shape index (κ1) is 20.8. The molecule has 0 spiro atoms. The quantitative estimate of drug-likeness (QED) is 0.494. The van der Waals surface area contributed by atoms with E-state index in [9.17, 15) is 17.2 Å². The fourth-order valence-corrected chi connectivity index (χ4v) is 6.25. The van der Waals surface area contributed by atoms with Gasteiger partial charge in [-0.25, -0.2) is 17.2 Å². The molecular formula is C22H21F2N5O2S. The molecule has 2 atom stereocenters. The van der Waals surface area contributed by atoms with Gasteiger partial charge in [-0.1, -0.05) is 12.1 Å². The van der Waals surface area contributed by atoms with Gasteiger partial charge in [0, 0.05) is 36.3 Å². The molecule has 1 fully saturated rings. The van der Waals surface area contributed by atoms with Crippen LogP contribution in [-0.4, -0.2) is 45.3 Å². The number of aromatic amines is 1. The number of hydrogen-bond acceptors (Lipinski definition) is 4. The number of fused-ring (bicyclic) bond motifs is 1. The molecule has 7 nitrogen and oxygen atoms in total. The van der Waals surface area contributed by atoms with Gasteiger partial charge < -0.3 is 0 Å². The van der Waals surface area contributed by atoms with Crippen molar-refractivity contribution in [3.63, 3.8) is 0 Å². The first-order chi connectivity index (χ1) is 15.3. The van der Waals surface area contributed by atoms with Crippen molar-refractivity contribution in [3.8, 4) is 11.1 Å². The van der Waals surface area contributed by atoms with Crippen LogP contribution in [-0.2, 0) is 16.6 Å². The van der Waals surface area contributed by atoms with Crippen LogP contribution in [0, 0.1) is 17.6 Å². The molecule has 1 N–H and O–H groups in total. The number of nitrogens with one attached hydrogen (secondary N) is 1. The zero-order valence-corrected chi connectivity index (χ0v) is 18.1. The predicted octanol–water partition coefficient (Wildman–Crippen LogP) is 3.80. The molecule has 0 aliphatic carbocycles. The van der Waals surface area contributed by atoms with E-state index in [-0.39, 0.29) is 18.5 Å². The van der Waals surface area contributed by atoms with E-state index >= 15 is 0 Å². The number of H-pyrrole nitrogens is 1. The Morgan fingerprint density at radius 2 is 2.00 bits per heavy atom. The topological polar surface area (TPSA) is 83.9 Å². The lowest BCUT2D eigenvalue weighted by Crippen LogP contribution is -2.35. The highest BCUT2D eigenvalue weighted by Gasteiger charge is 2.39. The second kappa shape index (κ2) is 7.79. The summed E-state index contributed by atoms with van der Waals surface area (Å²) in [6.07, 6.45) is 5.96. The molecular weight excluding hydrogens is 436 g/mol. The third-order valence-corrected chi connectivity index (χ3v) is 8.01. The molecule has 10 heteroatoms. The molecule has 0 amide bonds. The van der Waals surface area contributed by atoms with Gasteiger partial charge in [-0.05, 0) is 49.1 Å². The number of benzene rings is 2. The van der Waals surface area contributed by atoms with Crippen LogP contribution in [0.5, 0.6) is 0 Å². The Morgan fingerprint density at radius 1 is 1.16 bits per heavy atom. The van der Waals surface area contributed by atoms with E-state index in [1.165, 1.54) is 10.4 Å². The SMILES string of the molecule is C[C@@H]1C[C@H](Cn2ncc3cc(-c4cn[nH]c4)ccc32)CN1S(=O)(=O)c1cccc(F)c1F. The van der Waals surface area contributed by atoms with Crippen molar-refractivity contribution in [2.24, 2.45) is 5.92 Å². The molecule has 1 aliphatic rings. The zero-order chi connectivity index (χ0) is 22.5. The van der Waals surface area contributed by atoms with Crippen LogP contribution in [0.2, 0.25) is 0 Å². The van der Waals surface area contributed by atoms with E-state index in [0.717, 1.165) is 34.2 Å². The van der Waals surface area contributed by atoms with Crippen LogP contribution in [0.15, 0.2) is 59.9 Å². The highest BCUT2D eigenvalue weighted by atomic mass is 32.2. The van der Waals surface area contributed by atoms with Crippen LogP contribution < -0.4 is 0 Å². The Bertz CT molecular complexity index is 1380. The Labute approximate surface area is 183 Å². The van der Waals surface area contributed by atoms with Gasteiger partial charge >= 0.3 is 0 Å². The molecule has 0 bridgehead atoms. The van der Waals surface area contributed by atoms with Gasteiger partial charge in [-0.2, -0.15) is 14.5 Å². The average Bonchev–Trinajstić information content (AvgIpc) is 3.50. The van der Waals surface area contributed by atoms with Gasteiger partial charge in [0.15, 0.2) is 11.6 Å². The minimum absolute atomic E-state index is 0.00644. The van der Waals surface area contributed by atoms with E-state index < -0.39 is 26.6 Å². The Balaban J connectivity index is 1.37. The smallest absolute Gasteiger partial charge is 0.246 e. The molecule has 2 aromatic carbocycles. The number of hydrogen-bond donors (Lipinski definition) is 1. The standard InChI is InChI=1S/C22H21F2N5O2S/c1-14-7-15(13-29(14)32(30,31)21-4-2-3-19(23)22(21)24)12-28-20-6-5-16(8-17(20)11-27-28)18-9-25-26-10-18/h2-6,8-11,14-15H,7,12-13H2,1H3,(H,25,26)/t14-,15-/m1/s1. The fourth-order valence-electron chi connectivity index (χ4n) is 4.45. The number of sulfonamides is 1. The lowest BCUT2D eigenvalue weighted by molar-refractivity contribution is 0.391. The van der Waals surface area contributed by atoms with Gasteiger partial charge in [0.25, 0.3) is 0 Å². The average molecular weight is 458 g/mol. The van der Waals surface area contributed by atoms with Gasteiger partial charge in [-0.3, -0.25) is 9.78 Å². The zero-order valence-electron chi connectivity index (χ0n) is 17.2. The molecule has 1 aliphatic heterocycles. The van der Waals surface area contributed by atoms with Crippen molar-refractivity contribution >= 4 is 20.9 Å².